The first-order valence-electron chi connectivity index (χ1n) is 7.10. The van der Waals surface area contributed by atoms with Crippen molar-refractivity contribution in [3.05, 3.63) is 46.9 Å². The topological polar surface area (TPSA) is 37.8 Å². The summed E-state index contributed by atoms with van der Waals surface area (Å²) < 4.78 is 0. The van der Waals surface area contributed by atoms with Gasteiger partial charge in [-0.15, -0.1) is 0 Å². The largest absolute Gasteiger partial charge is 0.340 e. The van der Waals surface area contributed by atoms with Gasteiger partial charge in [0.2, 0.25) is 0 Å². The van der Waals surface area contributed by atoms with Gasteiger partial charge in [0.15, 0.2) is 0 Å². The predicted molar refractivity (Wildman–Crippen MR) is 84.8 cm³/mol. The van der Waals surface area contributed by atoms with Gasteiger partial charge in [-0.05, 0) is 24.5 Å². The van der Waals surface area contributed by atoms with Crippen molar-refractivity contribution in [3.63, 3.8) is 0 Å². The predicted octanol–water partition coefficient (Wildman–Crippen LogP) is 4.78. The molecule has 0 amide bonds. The second-order valence-electron chi connectivity index (χ2n) is 4.77. The van der Waals surface area contributed by atoms with Crippen molar-refractivity contribution in [2.75, 3.05) is 5.32 Å². The van der Waals surface area contributed by atoms with Crippen LogP contribution in [0, 0.1) is 0 Å². The molecule has 1 aromatic carbocycles. The van der Waals surface area contributed by atoms with E-state index >= 15 is 0 Å². The third kappa shape index (κ3) is 3.48. The highest BCUT2D eigenvalue weighted by Crippen LogP contribution is 2.26. The van der Waals surface area contributed by atoms with E-state index in [4.69, 9.17) is 11.6 Å². The van der Waals surface area contributed by atoms with Crippen LogP contribution in [0.1, 0.15) is 37.8 Å². The maximum Gasteiger partial charge on any atom is 0.138 e. The van der Waals surface area contributed by atoms with Crippen LogP contribution < -0.4 is 5.32 Å². The number of hydrogen-bond acceptors (Lipinski definition) is 3. The van der Waals surface area contributed by atoms with Gasteiger partial charge < -0.3 is 5.32 Å². The molecule has 0 unspecified atom stereocenters. The van der Waals surface area contributed by atoms with E-state index in [0.717, 1.165) is 42.8 Å². The molecule has 2 aromatic rings. The molecular formula is C16H20ClN3. The third-order valence-electron chi connectivity index (χ3n) is 3.18. The Morgan fingerprint density at radius 2 is 1.80 bits per heavy atom. The van der Waals surface area contributed by atoms with Gasteiger partial charge in [0.05, 0.1) is 0 Å². The van der Waals surface area contributed by atoms with Crippen molar-refractivity contribution in [1.82, 2.24) is 9.97 Å². The number of rotatable bonds is 6. The van der Waals surface area contributed by atoms with Crippen molar-refractivity contribution in [3.8, 4) is 0 Å². The smallest absolute Gasteiger partial charge is 0.138 e. The summed E-state index contributed by atoms with van der Waals surface area (Å²) in [6.07, 6.45) is 5.55. The van der Waals surface area contributed by atoms with E-state index in [2.05, 4.69) is 47.3 Å². The van der Waals surface area contributed by atoms with Crippen molar-refractivity contribution in [2.24, 2.45) is 0 Å². The molecule has 4 heteroatoms. The van der Waals surface area contributed by atoms with Crippen LogP contribution in [0.3, 0.4) is 0 Å². The minimum absolute atomic E-state index is 0.539. The summed E-state index contributed by atoms with van der Waals surface area (Å²) in [6.45, 7) is 4.30. The van der Waals surface area contributed by atoms with Gasteiger partial charge in [-0.3, -0.25) is 0 Å². The number of benzene rings is 1. The minimum atomic E-state index is 0.539. The van der Waals surface area contributed by atoms with Crippen LogP contribution in [0.5, 0.6) is 0 Å². The van der Waals surface area contributed by atoms with E-state index in [1.54, 1.807) is 0 Å². The average molecular weight is 290 g/mol. The molecule has 0 atom stereocenters. The lowest BCUT2D eigenvalue weighted by molar-refractivity contribution is 0.901. The number of halogens is 1. The molecule has 2 rings (SSSR count). The van der Waals surface area contributed by atoms with Gasteiger partial charge in [-0.25, -0.2) is 9.97 Å². The lowest BCUT2D eigenvalue weighted by Gasteiger charge is -2.14. The maximum absolute atomic E-state index is 6.18. The fraction of sp³-hybridized carbons (Fsp3) is 0.375. The first kappa shape index (κ1) is 14.8. The lowest BCUT2D eigenvalue weighted by Crippen LogP contribution is -2.03. The number of anilines is 2. The zero-order valence-electron chi connectivity index (χ0n) is 12.0. The van der Waals surface area contributed by atoms with Gasteiger partial charge in [-0.1, -0.05) is 56.5 Å². The molecule has 0 saturated carbocycles. The molecule has 0 aliphatic rings. The Morgan fingerprint density at radius 1 is 1.05 bits per heavy atom. The number of aromatic nitrogens is 2. The molecule has 0 bridgehead atoms. The van der Waals surface area contributed by atoms with E-state index in [0.29, 0.717) is 5.15 Å². The Kier molecular flexibility index (Phi) is 5.36. The molecule has 3 nitrogen and oxygen atoms in total. The normalized spacial score (nSPS) is 10.6. The summed E-state index contributed by atoms with van der Waals surface area (Å²) in [5, 5.41) is 3.96. The number of nitrogens with zero attached hydrogens (tertiary/aromatic N) is 2. The first-order chi connectivity index (χ1) is 9.76. The lowest BCUT2D eigenvalue weighted by atomic mass is 10.1. The fourth-order valence-corrected chi connectivity index (χ4v) is 2.45. The van der Waals surface area contributed by atoms with Crippen LogP contribution in [0.2, 0.25) is 5.15 Å². The van der Waals surface area contributed by atoms with Crippen molar-refractivity contribution >= 4 is 23.1 Å². The minimum Gasteiger partial charge on any atom is -0.340 e. The molecule has 0 aliphatic heterocycles. The van der Waals surface area contributed by atoms with Gasteiger partial charge >= 0.3 is 0 Å². The molecule has 0 radical (unpaired) electrons. The first-order valence-corrected chi connectivity index (χ1v) is 7.48. The zero-order valence-corrected chi connectivity index (χ0v) is 12.7. The Bertz CT molecular complexity index is 569. The molecule has 1 N–H and O–H groups in total. The second-order valence-corrected chi connectivity index (χ2v) is 5.13. The highest BCUT2D eigenvalue weighted by atomic mass is 35.5. The number of hydrogen-bond donors (Lipinski definition) is 1. The van der Waals surface area contributed by atoms with Crippen molar-refractivity contribution in [2.45, 2.75) is 39.5 Å². The van der Waals surface area contributed by atoms with Crippen molar-refractivity contribution < 1.29 is 0 Å². The van der Waals surface area contributed by atoms with Crippen LogP contribution in [-0.2, 0) is 12.8 Å². The van der Waals surface area contributed by atoms with Gasteiger partial charge in [0, 0.05) is 11.3 Å². The highest BCUT2D eigenvalue weighted by molar-refractivity contribution is 6.30. The molecule has 106 valence electrons. The molecule has 0 spiro atoms. The number of para-hydroxylation sites is 1. The van der Waals surface area contributed by atoms with Crippen LogP contribution in [0.15, 0.2) is 30.6 Å². The fourth-order valence-electron chi connectivity index (χ4n) is 2.23. The van der Waals surface area contributed by atoms with Crippen LogP contribution in [-0.4, -0.2) is 9.97 Å². The molecule has 0 fully saturated rings. The van der Waals surface area contributed by atoms with E-state index in [-0.39, 0.29) is 0 Å². The molecular weight excluding hydrogens is 270 g/mol. The quantitative estimate of drug-likeness (QED) is 0.778. The third-order valence-corrected chi connectivity index (χ3v) is 3.51. The summed E-state index contributed by atoms with van der Waals surface area (Å²) in [4.78, 5) is 8.42. The summed E-state index contributed by atoms with van der Waals surface area (Å²) in [7, 11) is 0. The summed E-state index contributed by atoms with van der Waals surface area (Å²) in [5.41, 5.74) is 3.39. The SMILES string of the molecule is CCCc1ccccc1Nc1ncnc(Cl)c1CCC. The standard InChI is InChI=1S/C16H20ClN3/c1-3-7-12-9-5-6-10-14(12)20-16-13(8-4-2)15(17)18-11-19-16/h5-6,9-11H,3-4,7-8H2,1-2H3,(H,18,19,20). The molecule has 1 heterocycles. The Morgan fingerprint density at radius 3 is 2.55 bits per heavy atom. The van der Waals surface area contributed by atoms with Gasteiger partial charge in [-0.2, -0.15) is 0 Å². The highest BCUT2D eigenvalue weighted by Gasteiger charge is 2.10. The summed E-state index contributed by atoms with van der Waals surface area (Å²) in [6, 6.07) is 8.32. The Hall–Kier alpha value is -1.61. The average Bonchev–Trinajstić information content (AvgIpc) is 2.45. The Balaban J connectivity index is 2.32. The van der Waals surface area contributed by atoms with Crippen LogP contribution in [0.4, 0.5) is 11.5 Å². The molecule has 20 heavy (non-hydrogen) atoms. The van der Waals surface area contributed by atoms with E-state index in [1.165, 1.54) is 11.9 Å². The second kappa shape index (κ2) is 7.25. The monoisotopic (exact) mass is 289 g/mol. The Labute approximate surface area is 125 Å². The van der Waals surface area contributed by atoms with Gasteiger partial charge in [0.25, 0.3) is 0 Å². The van der Waals surface area contributed by atoms with Crippen LogP contribution in [0.25, 0.3) is 0 Å². The van der Waals surface area contributed by atoms with E-state index in [9.17, 15) is 0 Å². The number of aryl methyl sites for hydroxylation is 1. The summed E-state index contributed by atoms with van der Waals surface area (Å²) in [5.74, 6) is 0.815. The molecule has 0 saturated heterocycles. The zero-order chi connectivity index (χ0) is 14.4. The van der Waals surface area contributed by atoms with Gasteiger partial charge in [0.1, 0.15) is 17.3 Å². The number of nitrogens with one attached hydrogen (secondary N) is 1. The van der Waals surface area contributed by atoms with E-state index in [1.807, 2.05) is 6.07 Å². The van der Waals surface area contributed by atoms with Crippen LogP contribution >= 0.6 is 11.6 Å². The van der Waals surface area contributed by atoms with Crippen molar-refractivity contribution in [1.29, 1.82) is 0 Å². The van der Waals surface area contributed by atoms with E-state index < -0.39 is 0 Å². The summed E-state index contributed by atoms with van der Waals surface area (Å²) >= 11 is 6.18. The maximum atomic E-state index is 6.18. The molecule has 0 aliphatic carbocycles. The molecule has 1 aromatic heterocycles.